The maximum atomic E-state index is 12.0. The van der Waals surface area contributed by atoms with E-state index in [0.29, 0.717) is 5.69 Å². The summed E-state index contributed by atoms with van der Waals surface area (Å²) in [7, 11) is -3.79. The summed E-state index contributed by atoms with van der Waals surface area (Å²) in [6.07, 6.45) is 0. The Morgan fingerprint density at radius 2 is 1.59 bits per heavy atom. The van der Waals surface area contributed by atoms with E-state index < -0.39 is 20.9 Å². The second kappa shape index (κ2) is 5.92. The zero-order valence-corrected chi connectivity index (χ0v) is 11.9. The van der Waals surface area contributed by atoms with Crippen molar-refractivity contribution in [2.24, 2.45) is 5.14 Å². The van der Waals surface area contributed by atoms with Gasteiger partial charge in [-0.2, -0.15) is 0 Å². The van der Waals surface area contributed by atoms with E-state index in [4.69, 9.17) is 5.14 Å². The van der Waals surface area contributed by atoms with Crippen LogP contribution in [0.4, 0.5) is 11.4 Å². The van der Waals surface area contributed by atoms with Crippen molar-refractivity contribution in [2.75, 3.05) is 5.32 Å². The molecule has 22 heavy (non-hydrogen) atoms. The molecule has 2 rings (SSSR count). The van der Waals surface area contributed by atoms with Crippen LogP contribution >= 0.6 is 0 Å². The van der Waals surface area contributed by atoms with E-state index in [0.717, 1.165) is 0 Å². The number of sulfonamides is 1. The van der Waals surface area contributed by atoms with E-state index in [1.807, 2.05) is 0 Å². The fraction of sp³-hybridized carbons (Fsp3) is 0. The summed E-state index contributed by atoms with van der Waals surface area (Å²) >= 11 is 0. The van der Waals surface area contributed by atoms with E-state index in [-0.39, 0.29) is 16.1 Å². The molecule has 9 heteroatoms. The predicted molar refractivity (Wildman–Crippen MR) is 78.9 cm³/mol. The first kappa shape index (κ1) is 15.6. The van der Waals surface area contributed by atoms with Gasteiger partial charge in [0.2, 0.25) is 10.0 Å². The van der Waals surface area contributed by atoms with Crippen LogP contribution in [0.3, 0.4) is 0 Å². The number of non-ortho nitro benzene ring substituents is 1. The number of amides is 1. The molecule has 0 heterocycles. The molecule has 0 fully saturated rings. The van der Waals surface area contributed by atoms with Crippen molar-refractivity contribution in [1.29, 1.82) is 0 Å². The number of nitrogens with two attached hydrogens (primary N) is 1. The van der Waals surface area contributed by atoms with Crippen molar-refractivity contribution in [3.63, 3.8) is 0 Å². The number of nitro benzene ring substituents is 1. The summed E-state index contributed by atoms with van der Waals surface area (Å²) in [6.45, 7) is 0. The lowest BCUT2D eigenvalue weighted by atomic mass is 10.2. The first-order valence-corrected chi connectivity index (χ1v) is 7.51. The van der Waals surface area contributed by atoms with E-state index >= 15 is 0 Å². The van der Waals surface area contributed by atoms with Crippen LogP contribution in [0.2, 0.25) is 0 Å². The average Bonchev–Trinajstić information content (AvgIpc) is 2.47. The number of primary sulfonamides is 1. The summed E-state index contributed by atoms with van der Waals surface area (Å²) in [5.74, 6) is -0.474. The third kappa shape index (κ3) is 3.65. The molecule has 8 nitrogen and oxygen atoms in total. The molecule has 2 aromatic carbocycles. The molecule has 0 aliphatic carbocycles. The SMILES string of the molecule is NS(=O)(=O)c1ccc(NC(=O)c2ccc([N+](=O)[O-])cc2)cc1. The molecule has 114 valence electrons. The minimum Gasteiger partial charge on any atom is -0.322 e. The molecule has 0 spiro atoms. The van der Waals surface area contributed by atoms with Crippen LogP contribution in [-0.4, -0.2) is 19.2 Å². The van der Waals surface area contributed by atoms with Crippen LogP contribution in [0, 0.1) is 10.1 Å². The maximum Gasteiger partial charge on any atom is 0.269 e. The second-order valence-corrected chi connectivity index (χ2v) is 5.89. The molecular formula is C13H11N3O5S. The van der Waals surface area contributed by atoms with Crippen molar-refractivity contribution in [1.82, 2.24) is 0 Å². The van der Waals surface area contributed by atoms with Crippen molar-refractivity contribution in [3.05, 3.63) is 64.2 Å². The zero-order valence-electron chi connectivity index (χ0n) is 11.1. The van der Waals surface area contributed by atoms with Gasteiger partial charge in [-0.05, 0) is 36.4 Å². The average molecular weight is 321 g/mol. The number of nitro groups is 1. The highest BCUT2D eigenvalue weighted by Crippen LogP contribution is 2.16. The van der Waals surface area contributed by atoms with Crippen LogP contribution in [0.1, 0.15) is 10.4 Å². The number of hydrogen-bond acceptors (Lipinski definition) is 5. The summed E-state index contributed by atoms with van der Waals surface area (Å²) in [5.41, 5.74) is 0.492. The minimum atomic E-state index is -3.79. The highest BCUT2D eigenvalue weighted by Gasteiger charge is 2.11. The van der Waals surface area contributed by atoms with Crippen molar-refractivity contribution >= 4 is 27.3 Å². The van der Waals surface area contributed by atoms with Gasteiger partial charge in [-0.25, -0.2) is 13.6 Å². The molecule has 0 saturated carbocycles. The number of hydrogen-bond donors (Lipinski definition) is 2. The van der Waals surface area contributed by atoms with E-state index in [2.05, 4.69) is 5.32 Å². The number of benzene rings is 2. The standard InChI is InChI=1S/C13H11N3O5S/c14-22(20,21)12-7-3-10(4-8-12)15-13(17)9-1-5-11(6-2-9)16(18)19/h1-8H,(H,15,17)(H2,14,20,21). The third-order valence-corrected chi connectivity index (χ3v) is 3.71. The van der Waals surface area contributed by atoms with Gasteiger partial charge in [-0.3, -0.25) is 14.9 Å². The fourth-order valence-electron chi connectivity index (χ4n) is 1.67. The lowest BCUT2D eigenvalue weighted by Crippen LogP contribution is -2.13. The van der Waals surface area contributed by atoms with E-state index in [9.17, 15) is 23.3 Å². The molecular weight excluding hydrogens is 310 g/mol. The molecule has 0 aromatic heterocycles. The van der Waals surface area contributed by atoms with E-state index in [1.54, 1.807) is 0 Å². The Hall–Kier alpha value is -2.78. The molecule has 1 amide bonds. The monoisotopic (exact) mass is 321 g/mol. The Morgan fingerprint density at radius 1 is 1.05 bits per heavy atom. The number of rotatable bonds is 4. The van der Waals surface area contributed by atoms with Crippen LogP contribution < -0.4 is 10.5 Å². The Morgan fingerprint density at radius 3 is 2.05 bits per heavy atom. The number of carbonyl (C=O) groups is 1. The van der Waals surface area contributed by atoms with Gasteiger partial charge in [0.05, 0.1) is 9.82 Å². The lowest BCUT2D eigenvalue weighted by Gasteiger charge is -2.06. The topological polar surface area (TPSA) is 132 Å². The Kier molecular flexibility index (Phi) is 4.20. The normalized spacial score (nSPS) is 11.0. The Labute approximate surface area is 125 Å². The largest absolute Gasteiger partial charge is 0.322 e. The second-order valence-electron chi connectivity index (χ2n) is 4.33. The molecule has 0 saturated heterocycles. The van der Waals surface area contributed by atoms with Crippen molar-refractivity contribution < 1.29 is 18.1 Å². The van der Waals surface area contributed by atoms with E-state index in [1.165, 1.54) is 48.5 Å². The van der Waals surface area contributed by atoms with Gasteiger partial charge >= 0.3 is 0 Å². The zero-order chi connectivity index (χ0) is 16.3. The Bertz CT molecular complexity index is 814. The van der Waals surface area contributed by atoms with Crippen molar-refractivity contribution in [2.45, 2.75) is 4.90 Å². The lowest BCUT2D eigenvalue weighted by molar-refractivity contribution is -0.384. The van der Waals surface area contributed by atoms with Gasteiger partial charge in [0.25, 0.3) is 11.6 Å². The van der Waals surface area contributed by atoms with Crippen LogP contribution in [0.25, 0.3) is 0 Å². The number of nitrogens with one attached hydrogen (secondary N) is 1. The Balaban J connectivity index is 2.13. The van der Waals surface area contributed by atoms with Gasteiger partial charge in [0.1, 0.15) is 0 Å². The molecule has 0 unspecified atom stereocenters. The van der Waals surface area contributed by atoms with Gasteiger partial charge in [0.15, 0.2) is 0 Å². The van der Waals surface area contributed by atoms with Gasteiger partial charge in [-0.15, -0.1) is 0 Å². The first-order chi connectivity index (χ1) is 10.3. The van der Waals surface area contributed by atoms with Gasteiger partial charge in [0, 0.05) is 23.4 Å². The molecule has 0 aliphatic rings. The molecule has 0 aliphatic heterocycles. The number of anilines is 1. The molecule has 0 atom stereocenters. The molecule has 0 radical (unpaired) electrons. The molecule has 3 N–H and O–H groups in total. The highest BCUT2D eigenvalue weighted by molar-refractivity contribution is 7.89. The third-order valence-electron chi connectivity index (χ3n) is 2.78. The van der Waals surface area contributed by atoms with Crippen LogP contribution in [-0.2, 0) is 10.0 Å². The smallest absolute Gasteiger partial charge is 0.269 e. The van der Waals surface area contributed by atoms with Crippen LogP contribution in [0.15, 0.2) is 53.4 Å². The number of carbonyl (C=O) groups excluding carboxylic acids is 1. The minimum absolute atomic E-state index is 0.0687. The summed E-state index contributed by atoms with van der Waals surface area (Å²) in [4.78, 5) is 21.9. The summed E-state index contributed by atoms with van der Waals surface area (Å²) in [6, 6.07) is 10.4. The van der Waals surface area contributed by atoms with Crippen LogP contribution in [0.5, 0.6) is 0 Å². The van der Waals surface area contributed by atoms with Gasteiger partial charge < -0.3 is 5.32 Å². The predicted octanol–water partition coefficient (Wildman–Crippen LogP) is 1.49. The molecule has 2 aromatic rings. The quantitative estimate of drug-likeness (QED) is 0.650. The fourth-order valence-corrected chi connectivity index (χ4v) is 2.18. The first-order valence-electron chi connectivity index (χ1n) is 5.96. The molecule has 0 bridgehead atoms. The van der Waals surface area contributed by atoms with Crippen molar-refractivity contribution in [3.8, 4) is 0 Å². The summed E-state index contributed by atoms with van der Waals surface area (Å²) < 4.78 is 22.2. The summed E-state index contributed by atoms with van der Waals surface area (Å²) in [5, 5.41) is 18.0. The highest BCUT2D eigenvalue weighted by atomic mass is 32.2. The number of nitrogens with zero attached hydrogens (tertiary/aromatic N) is 1. The maximum absolute atomic E-state index is 12.0. The van der Waals surface area contributed by atoms with Gasteiger partial charge in [-0.1, -0.05) is 0 Å².